The van der Waals surface area contributed by atoms with E-state index in [0.29, 0.717) is 10.6 Å². The highest BCUT2D eigenvalue weighted by atomic mass is 35.5. The first kappa shape index (κ1) is 13.2. The lowest BCUT2D eigenvalue weighted by Crippen LogP contribution is -2.05. The van der Waals surface area contributed by atoms with Crippen LogP contribution in [0.2, 0.25) is 9.36 Å². The Morgan fingerprint density at radius 2 is 2.06 bits per heavy atom. The van der Waals surface area contributed by atoms with E-state index >= 15 is 0 Å². The van der Waals surface area contributed by atoms with E-state index < -0.39 is 0 Å². The molecular weight excluding hydrogens is 287 g/mol. The maximum atomic E-state index is 8.77. The SMILES string of the molecule is CC(Nc1ccc(C#N)cc1Cl)c1ccc(Cl)s1. The summed E-state index contributed by atoms with van der Waals surface area (Å²) >= 11 is 13.6. The van der Waals surface area contributed by atoms with Crippen LogP contribution in [-0.2, 0) is 0 Å². The van der Waals surface area contributed by atoms with Gasteiger partial charge in [-0.3, -0.25) is 0 Å². The van der Waals surface area contributed by atoms with Gasteiger partial charge in [0.2, 0.25) is 0 Å². The molecule has 0 fully saturated rings. The zero-order valence-corrected chi connectivity index (χ0v) is 11.9. The Labute approximate surface area is 120 Å². The summed E-state index contributed by atoms with van der Waals surface area (Å²) in [6.45, 7) is 2.04. The van der Waals surface area contributed by atoms with Crippen LogP contribution in [-0.4, -0.2) is 0 Å². The number of thiophene rings is 1. The standard InChI is InChI=1S/C13H10Cl2N2S/c1-8(12-4-5-13(15)18-12)17-11-3-2-9(7-16)6-10(11)14/h2-6,8,17H,1H3. The minimum Gasteiger partial charge on any atom is -0.376 e. The number of benzene rings is 1. The number of halogens is 2. The molecule has 0 aliphatic rings. The molecule has 18 heavy (non-hydrogen) atoms. The molecule has 1 N–H and O–H groups in total. The van der Waals surface area contributed by atoms with E-state index in [1.807, 2.05) is 25.1 Å². The third-order valence-electron chi connectivity index (χ3n) is 2.49. The average Bonchev–Trinajstić information content (AvgIpc) is 2.78. The number of rotatable bonds is 3. The molecule has 92 valence electrons. The molecule has 1 aromatic heterocycles. The molecule has 2 nitrogen and oxygen atoms in total. The highest BCUT2D eigenvalue weighted by molar-refractivity contribution is 7.16. The van der Waals surface area contributed by atoms with E-state index in [0.717, 1.165) is 14.9 Å². The summed E-state index contributed by atoms with van der Waals surface area (Å²) in [6.07, 6.45) is 0. The Morgan fingerprint density at radius 3 is 2.61 bits per heavy atom. The monoisotopic (exact) mass is 296 g/mol. The minimum atomic E-state index is 0.118. The smallest absolute Gasteiger partial charge is 0.0992 e. The molecule has 2 rings (SSSR count). The van der Waals surface area contributed by atoms with Crippen LogP contribution >= 0.6 is 34.5 Å². The Kier molecular flexibility index (Phi) is 4.13. The van der Waals surface area contributed by atoms with Gasteiger partial charge in [-0.1, -0.05) is 23.2 Å². The number of hydrogen-bond donors (Lipinski definition) is 1. The molecule has 1 unspecified atom stereocenters. The summed E-state index contributed by atoms with van der Waals surface area (Å²) in [7, 11) is 0. The van der Waals surface area contributed by atoms with Crippen molar-refractivity contribution in [3.05, 3.63) is 50.1 Å². The Hall–Kier alpha value is -1.21. The largest absolute Gasteiger partial charge is 0.376 e. The third kappa shape index (κ3) is 2.97. The predicted octanol–water partition coefficient (Wildman–Crippen LogP) is 5.10. The fourth-order valence-corrected chi connectivity index (χ4v) is 2.87. The lowest BCUT2D eigenvalue weighted by molar-refractivity contribution is 0.908. The van der Waals surface area contributed by atoms with Gasteiger partial charge in [0.05, 0.1) is 32.7 Å². The topological polar surface area (TPSA) is 35.8 Å². The molecule has 0 amide bonds. The van der Waals surface area contributed by atoms with Crippen molar-refractivity contribution >= 4 is 40.2 Å². The summed E-state index contributed by atoms with van der Waals surface area (Å²) in [5, 5.41) is 12.6. The molecule has 0 spiro atoms. The highest BCUT2D eigenvalue weighted by Gasteiger charge is 2.10. The second-order valence-corrected chi connectivity index (χ2v) is 5.97. The van der Waals surface area contributed by atoms with E-state index in [9.17, 15) is 0 Å². The van der Waals surface area contributed by atoms with E-state index in [1.165, 1.54) is 11.3 Å². The van der Waals surface area contributed by atoms with Gasteiger partial charge in [0.25, 0.3) is 0 Å². The van der Waals surface area contributed by atoms with Crippen LogP contribution in [0.3, 0.4) is 0 Å². The molecule has 5 heteroatoms. The summed E-state index contributed by atoms with van der Waals surface area (Å²) < 4.78 is 0.768. The lowest BCUT2D eigenvalue weighted by Gasteiger charge is -2.15. The molecule has 1 atom stereocenters. The van der Waals surface area contributed by atoms with Crippen LogP contribution in [0.1, 0.15) is 23.4 Å². The second kappa shape index (κ2) is 5.62. The van der Waals surface area contributed by atoms with Gasteiger partial charge in [-0.15, -0.1) is 11.3 Å². The minimum absolute atomic E-state index is 0.118. The molecule has 2 aromatic rings. The maximum Gasteiger partial charge on any atom is 0.0992 e. The van der Waals surface area contributed by atoms with E-state index in [1.54, 1.807) is 12.1 Å². The Morgan fingerprint density at radius 1 is 1.28 bits per heavy atom. The summed E-state index contributed by atoms with van der Waals surface area (Å²) in [4.78, 5) is 1.14. The van der Waals surface area contributed by atoms with Gasteiger partial charge in [0, 0.05) is 4.88 Å². The van der Waals surface area contributed by atoms with Crippen LogP contribution in [0.5, 0.6) is 0 Å². The summed E-state index contributed by atoms with van der Waals surface area (Å²) in [6, 6.07) is 11.2. The molecule has 0 radical (unpaired) electrons. The van der Waals surface area contributed by atoms with Crippen molar-refractivity contribution in [3.8, 4) is 6.07 Å². The number of anilines is 1. The van der Waals surface area contributed by atoms with Crippen molar-refractivity contribution in [2.45, 2.75) is 13.0 Å². The van der Waals surface area contributed by atoms with E-state index in [-0.39, 0.29) is 6.04 Å². The highest BCUT2D eigenvalue weighted by Crippen LogP contribution is 2.31. The van der Waals surface area contributed by atoms with Gasteiger partial charge in [0.1, 0.15) is 0 Å². The average molecular weight is 297 g/mol. The van der Waals surface area contributed by atoms with Crippen molar-refractivity contribution in [3.63, 3.8) is 0 Å². The van der Waals surface area contributed by atoms with Crippen LogP contribution in [0.25, 0.3) is 0 Å². The first-order valence-corrected chi connectivity index (χ1v) is 6.89. The molecule has 0 bridgehead atoms. The lowest BCUT2D eigenvalue weighted by atomic mass is 10.2. The number of nitrogens with one attached hydrogen (secondary N) is 1. The summed E-state index contributed by atoms with van der Waals surface area (Å²) in [5.41, 5.74) is 1.37. The molecule has 0 aliphatic heterocycles. The zero-order chi connectivity index (χ0) is 13.1. The number of nitrogens with zero attached hydrogens (tertiary/aromatic N) is 1. The number of hydrogen-bond acceptors (Lipinski definition) is 3. The zero-order valence-electron chi connectivity index (χ0n) is 9.58. The first-order valence-electron chi connectivity index (χ1n) is 5.31. The Balaban J connectivity index is 2.17. The predicted molar refractivity (Wildman–Crippen MR) is 77.5 cm³/mol. The van der Waals surface area contributed by atoms with Crippen molar-refractivity contribution in [1.29, 1.82) is 5.26 Å². The molecule has 0 aliphatic carbocycles. The van der Waals surface area contributed by atoms with Crippen LogP contribution in [0.15, 0.2) is 30.3 Å². The number of nitriles is 1. The molecule has 1 aromatic carbocycles. The molecule has 1 heterocycles. The fourth-order valence-electron chi connectivity index (χ4n) is 1.57. The summed E-state index contributed by atoms with van der Waals surface area (Å²) in [5.74, 6) is 0. The molecule has 0 saturated carbocycles. The normalized spacial score (nSPS) is 11.9. The van der Waals surface area contributed by atoms with Gasteiger partial charge < -0.3 is 5.32 Å². The van der Waals surface area contributed by atoms with Gasteiger partial charge in [-0.2, -0.15) is 5.26 Å². The van der Waals surface area contributed by atoms with Crippen LogP contribution in [0, 0.1) is 11.3 Å². The van der Waals surface area contributed by atoms with Gasteiger partial charge in [0.15, 0.2) is 0 Å². The quantitative estimate of drug-likeness (QED) is 0.855. The van der Waals surface area contributed by atoms with Crippen molar-refractivity contribution in [1.82, 2.24) is 0 Å². The molecular formula is C13H10Cl2N2S. The fraction of sp³-hybridized carbons (Fsp3) is 0.154. The van der Waals surface area contributed by atoms with Crippen molar-refractivity contribution < 1.29 is 0 Å². The van der Waals surface area contributed by atoms with Crippen LogP contribution < -0.4 is 5.32 Å². The second-order valence-electron chi connectivity index (χ2n) is 3.81. The van der Waals surface area contributed by atoms with E-state index in [4.69, 9.17) is 28.5 Å². The maximum absolute atomic E-state index is 8.77. The third-order valence-corrected chi connectivity index (χ3v) is 4.22. The van der Waals surface area contributed by atoms with Crippen molar-refractivity contribution in [2.75, 3.05) is 5.32 Å². The van der Waals surface area contributed by atoms with Gasteiger partial charge >= 0.3 is 0 Å². The van der Waals surface area contributed by atoms with Gasteiger partial charge in [-0.25, -0.2) is 0 Å². The van der Waals surface area contributed by atoms with E-state index in [2.05, 4.69) is 11.4 Å². The molecule has 0 saturated heterocycles. The van der Waals surface area contributed by atoms with Crippen LogP contribution in [0.4, 0.5) is 5.69 Å². The van der Waals surface area contributed by atoms with Gasteiger partial charge in [-0.05, 0) is 37.3 Å². The first-order chi connectivity index (χ1) is 8.60. The Bertz CT molecular complexity index is 601. The van der Waals surface area contributed by atoms with Crippen molar-refractivity contribution in [2.24, 2.45) is 0 Å².